The molecule has 1 aliphatic rings. The number of nitrogens with zero attached hydrogens (tertiary/aromatic N) is 3. The van der Waals surface area contributed by atoms with E-state index in [0.717, 1.165) is 11.4 Å². The number of hydrogen-bond acceptors (Lipinski definition) is 7. The van der Waals surface area contributed by atoms with Crippen molar-refractivity contribution in [2.24, 2.45) is 0 Å². The Morgan fingerprint density at radius 2 is 1.84 bits per heavy atom. The normalized spacial score (nSPS) is 14.8. The van der Waals surface area contributed by atoms with Crippen LogP contribution >= 0.6 is 11.8 Å². The topological polar surface area (TPSA) is 91.4 Å². The van der Waals surface area contributed by atoms with Crippen LogP contribution in [0, 0.1) is 0 Å². The Bertz CT molecular complexity index is 1190. The highest BCUT2D eigenvalue weighted by Gasteiger charge is 2.22. The summed E-state index contributed by atoms with van der Waals surface area (Å²) < 4.78 is 19.0. The molecule has 1 atom stereocenters. The summed E-state index contributed by atoms with van der Waals surface area (Å²) in [6.07, 6.45) is 1.35. The highest BCUT2D eigenvalue weighted by atomic mass is 32.2. The van der Waals surface area contributed by atoms with Crippen molar-refractivity contribution < 1.29 is 18.7 Å². The minimum absolute atomic E-state index is 0.125. The maximum atomic E-state index is 12.5. The summed E-state index contributed by atoms with van der Waals surface area (Å²) in [5.41, 5.74) is 0.887. The first-order valence-electron chi connectivity index (χ1n) is 10.1. The molecule has 0 saturated heterocycles. The lowest BCUT2D eigenvalue weighted by molar-refractivity contribution is -0.119. The Balaban J connectivity index is 1.23. The number of nitrogens with one attached hydrogen (secondary N) is 1. The van der Waals surface area contributed by atoms with Gasteiger partial charge in [-0.25, -0.2) is 0 Å². The molecule has 8 nitrogen and oxygen atoms in total. The van der Waals surface area contributed by atoms with E-state index in [4.69, 9.17) is 13.9 Å². The molecule has 0 radical (unpaired) electrons. The first-order chi connectivity index (χ1) is 15.8. The largest absolute Gasteiger partial charge is 0.486 e. The third-order valence-electron chi connectivity index (χ3n) is 4.82. The number of furan rings is 1. The molecule has 2 aromatic carbocycles. The third-order valence-corrected chi connectivity index (χ3v) is 5.75. The van der Waals surface area contributed by atoms with Gasteiger partial charge in [0.2, 0.25) is 11.7 Å². The summed E-state index contributed by atoms with van der Waals surface area (Å²) in [5.74, 6) is 2.65. The predicted octanol–water partition coefficient (Wildman–Crippen LogP) is 3.58. The summed E-state index contributed by atoms with van der Waals surface area (Å²) in [4.78, 5) is 12.5. The number of benzene rings is 2. The van der Waals surface area contributed by atoms with Crippen molar-refractivity contribution in [3.63, 3.8) is 0 Å². The fourth-order valence-corrected chi connectivity index (χ4v) is 4.09. The molecule has 0 saturated carbocycles. The molecule has 5 rings (SSSR count). The Morgan fingerprint density at radius 1 is 1.03 bits per heavy atom. The van der Waals surface area contributed by atoms with Gasteiger partial charge in [0, 0.05) is 5.69 Å². The molecular formula is C23H20N4O4S. The van der Waals surface area contributed by atoms with E-state index >= 15 is 0 Å². The number of hydrogen-bond donors (Lipinski definition) is 1. The maximum absolute atomic E-state index is 12.5. The van der Waals surface area contributed by atoms with Gasteiger partial charge in [-0.15, -0.1) is 10.2 Å². The summed E-state index contributed by atoms with van der Waals surface area (Å²) >= 11 is 1.31. The molecule has 0 spiro atoms. The lowest BCUT2D eigenvalue weighted by Gasteiger charge is -2.26. The highest BCUT2D eigenvalue weighted by molar-refractivity contribution is 7.99. The standard InChI is InChI=1S/C23H20N4O4S/c28-21(24-13-17-14-30-18-9-4-5-10-19(18)31-17)15-32-23-26-25-22(20-11-6-12-29-20)27(23)16-7-2-1-3-8-16/h1-12,17H,13-15H2,(H,24,28)/t17-/m0/s1. The molecule has 4 aromatic rings. The van der Waals surface area contributed by atoms with E-state index < -0.39 is 0 Å². The molecule has 1 amide bonds. The van der Waals surface area contributed by atoms with Gasteiger partial charge in [-0.2, -0.15) is 0 Å². The van der Waals surface area contributed by atoms with Crippen molar-refractivity contribution in [1.82, 2.24) is 20.1 Å². The van der Waals surface area contributed by atoms with Crippen molar-refractivity contribution >= 4 is 17.7 Å². The molecule has 2 aromatic heterocycles. The van der Waals surface area contributed by atoms with Crippen molar-refractivity contribution in [2.75, 3.05) is 18.9 Å². The molecule has 1 aliphatic heterocycles. The number of carbonyl (C=O) groups is 1. The number of carbonyl (C=O) groups excluding carboxylic acids is 1. The van der Waals surface area contributed by atoms with Crippen LogP contribution < -0.4 is 14.8 Å². The van der Waals surface area contributed by atoms with Gasteiger partial charge in [-0.05, 0) is 36.4 Å². The third kappa shape index (κ3) is 4.33. The molecule has 1 N–H and O–H groups in total. The molecule has 162 valence electrons. The van der Waals surface area contributed by atoms with Gasteiger partial charge in [-0.3, -0.25) is 9.36 Å². The van der Waals surface area contributed by atoms with Crippen LogP contribution in [-0.2, 0) is 4.79 Å². The van der Waals surface area contributed by atoms with E-state index in [1.54, 1.807) is 12.3 Å². The monoisotopic (exact) mass is 448 g/mol. The molecule has 0 fully saturated rings. The van der Waals surface area contributed by atoms with Crippen molar-refractivity contribution in [2.45, 2.75) is 11.3 Å². The smallest absolute Gasteiger partial charge is 0.230 e. The van der Waals surface area contributed by atoms with Crippen LogP contribution in [0.1, 0.15) is 0 Å². The van der Waals surface area contributed by atoms with Crippen LogP contribution in [0.25, 0.3) is 17.3 Å². The first-order valence-corrected chi connectivity index (χ1v) is 11.1. The van der Waals surface area contributed by atoms with Gasteiger partial charge in [0.1, 0.15) is 12.7 Å². The Hall–Kier alpha value is -3.72. The molecule has 0 aliphatic carbocycles. The summed E-state index contributed by atoms with van der Waals surface area (Å²) in [5, 5.41) is 12.1. The first kappa shape index (κ1) is 20.2. The zero-order valence-electron chi connectivity index (χ0n) is 17.0. The van der Waals surface area contributed by atoms with Gasteiger partial charge < -0.3 is 19.2 Å². The minimum atomic E-state index is -0.239. The van der Waals surface area contributed by atoms with Crippen LogP contribution in [0.3, 0.4) is 0 Å². The molecule has 0 unspecified atom stereocenters. The summed E-state index contributed by atoms with van der Waals surface area (Å²) in [6, 6.07) is 20.9. The highest BCUT2D eigenvalue weighted by Crippen LogP contribution is 2.31. The second-order valence-corrected chi connectivity index (χ2v) is 7.99. The summed E-state index contributed by atoms with van der Waals surface area (Å²) in [6.45, 7) is 0.746. The fraction of sp³-hybridized carbons (Fsp3) is 0.174. The number of para-hydroxylation sites is 3. The molecular weight excluding hydrogens is 428 g/mol. The quantitative estimate of drug-likeness (QED) is 0.432. The number of aromatic nitrogens is 3. The molecule has 0 bridgehead atoms. The average molecular weight is 449 g/mol. The van der Waals surface area contributed by atoms with Crippen LogP contribution in [0.4, 0.5) is 0 Å². The van der Waals surface area contributed by atoms with E-state index in [1.807, 2.05) is 65.2 Å². The number of amides is 1. The maximum Gasteiger partial charge on any atom is 0.230 e. The zero-order chi connectivity index (χ0) is 21.8. The molecule has 32 heavy (non-hydrogen) atoms. The number of fused-ring (bicyclic) bond motifs is 1. The van der Waals surface area contributed by atoms with Crippen molar-refractivity contribution in [3.05, 3.63) is 73.0 Å². The van der Waals surface area contributed by atoms with Crippen LogP contribution in [-0.4, -0.2) is 45.7 Å². The second-order valence-electron chi connectivity index (χ2n) is 7.04. The van der Waals surface area contributed by atoms with Gasteiger partial charge in [0.15, 0.2) is 22.4 Å². The van der Waals surface area contributed by atoms with E-state index in [-0.39, 0.29) is 17.8 Å². The average Bonchev–Trinajstić information content (AvgIpc) is 3.52. The van der Waals surface area contributed by atoms with Crippen LogP contribution in [0.2, 0.25) is 0 Å². The Morgan fingerprint density at radius 3 is 2.66 bits per heavy atom. The van der Waals surface area contributed by atoms with Crippen molar-refractivity contribution in [1.29, 1.82) is 0 Å². The second kappa shape index (κ2) is 9.19. The van der Waals surface area contributed by atoms with Crippen LogP contribution in [0.5, 0.6) is 11.5 Å². The Kier molecular flexibility index (Phi) is 5.80. The number of thioether (sulfide) groups is 1. The van der Waals surface area contributed by atoms with Gasteiger partial charge >= 0.3 is 0 Å². The minimum Gasteiger partial charge on any atom is -0.486 e. The molecule has 3 heterocycles. The predicted molar refractivity (Wildman–Crippen MR) is 119 cm³/mol. The lowest BCUT2D eigenvalue weighted by Crippen LogP contribution is -2.41. The van der Waals surface area contributed by atoms with Crippen LogP contribution in [0.15, 0.2) is 82.6 Å². The van der Waals surface area contributed by atoms with E-state index in [2.05, 4.69) is 15.5 Å². The Labute approximate surface area is 188 Å². The van der Waals surface area contributed by atoms with E-state index in [9.17, 15) is 4.79 Å². The lowest BCUT2D eigenvalue weighted by atomic mass is 10.2. The van der Waals surface area contributed by atoms with Gasteiger partial charge in [0.05, 0.1) is 18.6 Å². The van der Waals surface area contributed by atoms with Gasteiger partial charge in [0.25, 0.3) is 0 Å². The zero-order valence-corrected chi connectivity index (χ0v) is 17.8. The number of ether oxygens (including phenoxy) is 2. The van der Waals surface area contributed by atoms with Crippen molar-refractivity contribution in [3.8, 4) is 28.8 Å². The fourth-order valence-electron chi connectivity index (χ4n) is 3.31. The summed E-state index contributed by atoms with van der Waals surface area (Å²) in [7, 11) is 0. The SMILES string of the molecule is O=C(CSc1nnc(-c2ccco2)n1-c1ccccc1)NC[C@H]1COc2ccccc2O1. The van der Waals surface area contributed by atoms with Gasteiger partial charge in [-0.1, -0.05) is 42.1 Å². The van der Waals surface area contributed by atoms with E-state index in [1.165, 1.54) is 11.8 Å². The van der Waals surface area contributed by atoms with E-state index in [0.29, 0.717) is 35.6 Å². The number of rotatable bonds is 7. The molecule has 9 heteroatoms.